The summed E-state index contributed by atoms with van der Waals surface area (Å²) in [5, 5.41) is 3.51. The molecule has 3 nitrogen and oxygen atoms in total. The van der Waals surface area contributed by atoms with Crippen LogP contribution in [0, 0.1) is 0 Å². The molecule has 1 N–H and O–H groups in total. The lowest BCUT2D eigenvalue weighted by Gasteiger charge is -2.38. The minimum atomic E-state index is 0.503. The SMILES string of the molecule is CCNC(C)C(C)N1CCC(OCC)CC1. The maximum absolute atomic E-state index is 5.68. The molecule has 2 atom stereocenters. The van der Waals surface area contributed by atoms with Crippen LogP contribution in [0.1, 0.15) is 40.5 Å². The summed E-state index contributed by atoms with van der Waals surface area (Å²) in [5.74, 6) is 0. The van der Waals surface area contributed by atoms with E-state index in [0.717, 1.165) is 13.2 Å². The van der Waals surface area contributed by atoms with Gasteiger partial charge in [0, 0.05) is 31.8 Å². The quantitative estimate of drug-likeness (QED) is 0.751. The van der Waals surface area contributed by atoms with E-state index < -0.39 is 0 Å². The Bertz CT molecular complexity index is 179. The number of hydrogen-bond acceptors (Lipinski definition) is 3. The number of likely N-dealkylation sites (N-methyl/N-ethyl adjacent to an activating group) is 1. The molecular formula is C13H28N2O. The lowest BCUT2D eigenvalue weighted by atomic mass is 10.0. The van der Waals surface area contributed by atoms with Gasteiger partial charge in [-0.25, -0.2) is 0 Å². The number of nitrogens with zero attached hydrogens (tertiary/aromatic N) is 1. The first-order valence-electron chi connectivity index (χ1n) is 6.78. The van der Waals surface area contributed by atoms with Crippen molar-refractivity contribution in [1.29, 1.82) is 0 Å². The molecule has 0 spiro atoms. The summed E-state index contributed by atoms with van der Waals surface area (Å²) in [6.07, 6.45) is 2.89. The molecule has 1 aliphatic heterocycles. The summed E-state index contributed by atoms with van der Waals surface area (Å²) < 4.78 is 5.68. The molecule has 0 aromatic heterocycles. The van der Waals surface area contributed by atoms with Crippen molar-refractivity contribution in [2.45, 2.75) is 58.7 Å². The highest BCUT2D eigenvalue weighted by atomic mass is 16.5. The lowest BCUT2D eigenvalue weighted by Crippen LogP contribution is -2.50. The minimum Gasteiger partial charge on any atom is -0.378 e. The first-order valence-corrected chi connectivity index (χ1v) is 6.78. The van der Waals surface area contributed by atoms with Gasteiger partial charge in [0.05, 0.1) is 6.10 Å². The predicted molar refractivity (Wildman–Crippen MR) is 68.8 cm³/mol. The van der Waals surface area contributed by atoms with E-state index >= 15 is 0 Å². The molecule has 1 heterocycles. The first-order chi connectivity index (χ1) is 7.69. The zero-order valence-corrected chi connectivity index (χ0v) is 11.3. The predicted octanol–water partition coefficient (Wildman–Crippen LogP) is 1.87. The molecule has 0 amide bonds. The van der Waals surface area contributed by atoms with Gasteiger partial charge in [-0.05, 0) is 40.2 Å². The first kappa shape index (κ1) is 13.9. The number of hydrogen-bond donors (Lipinski definition) is 1. The molecule has 1 aliphatic rings. The van der Waals surface area contributed by atoms with Crippen LogP contribution in [0.25, 0.3) is 0 Å². The maximum atomic E-state index is 5.68. The van der Waals surface area contributed by atoms with E-state index in [4.69, 9.17) is 4.74 Å². The van der Waals surface area contributed by atoms with E-state index in [-0.39, 0.29) is 0 Å². The number of ether oxygens (including phenoxy) is 1. The Hall–Kier alpha value is -0.120. The van der Waals surface area contributed by atoms with E-state index in [9.17, 15) is 0 Å². The monoisotopic (exact) mass is 228 g/mol. The van der Waals surface area contributed by atoms with Gasteiger partial charge in [0.25, 0.3) is 0 Å². The van der Waals surface area contributed by atoms with Gasteiger partial charge in [-0.2, -0.15) is 0 Å². The molecule has 1 saturated heterocycles. The topological polar surface area (TPSA) is 24.5 Å². The molecule has 2 unspecified atom stereocenters. The standard InChI is InChI=1S/C13H28N2O/c1-5-14-11(3)12(4)15-9-7-13(8-10-15)16-6-2/h11-14H,5-10H2,1-4H3. The van der Waals surface area contributed by atoms with Crippen LogP contribution in [0.4, 0.5) is 0 Å². The van der Waals surface area contributed by atoms with Crippen molar-refractivity contribution >= 4 is 0 Å². The van der Waals surface area contributed by atoms with Gasteiger partial charge >= 0.3 is 0 Å². The van der Waals surface area contributed by atoms with Gasteiger partial charge in [0.1, 0.15) is 0 Å². The fourth-order valence-electron chi connectivity index (χ4n) is 2.49. The smallest absolute Gasteiger partial charge is 0.0599 e. The third kappa shape index (κ3) is 4.04. The summed E-state index contributed by atoms with van der Waals surface area (Å²) >= 11 is 0. The molecule has 0 aromatic rings. The fraction of sp³-hybridized carbons (Fsp3) is 1.00. The molecule has 1 fully saturated rings. The second-order valence-electron chi connectivity index (χ2n) is 4.78. The molecule has 3 heteroatoms. The zero-order chi connectivity index (χ0) is 12.0. The lowest BCUT2D eigenvalue weighted by molar-refractivity contribution is 0.00247. The van der Waals surface area contributed by atoms with Crippen LogP contribution in [0.3, 0.4) is 0 Å². The van der Waals surface area contributed by atoms with E-state index in [1.807, 2.05) is 0 Å². The highest BCUT2D eigenvalue weighted by Gasteiger charge is 2.25. The Morgan fingerprint density at radius 3 is 2.38 bits per heavy atom. The van der Waals surface area contributed by atoms with Crippen molar-refractivity contribution in [3.05, 3.63) is 0 Å². The van der Waals surface area contributed by atoms with Crippen molar-refractivity contribution < 1.29 is 4.74 Å². The molecule has 96 valence electrons. The second kappa shape index (κ2) is 7.25. The Morgan fingerprint density at radius 2 is 1.88 bits per heavy atom. The second-order valence-corrected chi connectivity index (χ2v) is 4.78. The van der Waals surface area contributed by atoms with Crippen molar-refractivity contribution in [2.75, 3.05) is 26.2 Å². The highest BCUT2D eigenvalue weighted by Crippen LogP contribution is 2.17. The Morgan fingerprint density at radius 1 is 1.25 bits per heavy atom. The fourth-order valence-corrected chi connectivity index (χ4v) is 2.49. The number of nitrogens with one attached hydrogen (secondary N) is 1. The van der Waals surface area contributed by atoms with Crippen molar-refractivity contribution in [3.63, 3.8) is 0 Å². The number of likely N-dealkylation sites (tertiary alicyclic amines) is 1. The van der Waals surface area contributed by atoms with Crippen LogP contribution in [0.2, 0.25) is 0 Å². The molecule has 1 rings (SSSR count). The molecule has 16 heavy (non-hydrogen) atoms. The average molecular weight is 228 g/mol. The average Bonchev–Trinajstić information content (AvgIpc) is 2.30. The molecule has 0 saturated carbocycles. The highest BCUT2D eigenvalue weighted by molar-refractivity contribution is 4.82. The van der Waals surface area contributed by atoms with E-state index in [2.05, 4.69) is 37.9 Å². The maximum Gasteiger partial charge on any atom is 0.0599 e. The van der Waals surface area contributed by atoms with Gasteiger partial charge in [0.15, 0.2) is 0 Å². The van der Waals surface area contributed by atoms with Crippen LogP contribution in [-0.2, 0) is 4.74 Å². The number of rotatable bonds is 6. The normalized spacial score (nSPS) is 23.2. The molecule has 0 aromatic carbocycles. The molecule has 0 aliphatic carbocycles. The molecule has 0 radical (unpaired) electrons. The molecular weight excluding hydrogens is 200 g/mol. The van der Waals surface area contributed by atoms with Crippen LogP contribution in [0.15, 0.2) is 0 Å². The van der Waals surface area contributed by atoms with Crippen LogP contribution < -0.4 is 5.32 Å². The summed E-state index contributed by atoms with van der Waals surface area (Å²) in [5.41, 5.74) is 0. The third-order valence-electron chi connectivity index (χ3n) is 3.70. The minimum absolute atomic E-state index is 0.503. The Kier molecular flexibility index (Phi) is 6.32. The molecule has 0 bridgehead atoms. The summed E-state index contributed by atoms with van der Waals surface area (Å²) in [6, 6.07) is 1.20. The van der Waals surface area contributed by atoms with Gasteiger partial charge in [0.2, 0.25) is 0 Å². The Labute approximate surface area is 101 Å². The third-order valence-corrected chi connectivity index (χ3v) is 3.70. The van der Waals surface area contributed by atoms with Gasteiger partial charge < -0.3 is 10.1 Å². The Balaban J connectivity index is 2.29. The summed E-state index contributed by atoms with van der Waals surface area (Å²) in [4.78, 5) is 2.59. The van der Waals surface area contributed by atoms with Gasteiger partial charge in [-0.15, -0.1) is 0 Å². The van der Waals surface area contributed by atoms with Crippen molar-refractivity contribution in [2.24, 2.45) is 0 Å². The van der Waals surface area contributed by atoms with E-state index in [0.29, 0.717) is 18.2 Å². The van der Waals surface area contributed by atoms with E-state index in [1.54, 1.807) is 0 Å². The van der Waals surface area contributed by atoms with E-state index in [1.165, 1.54) is 25.9 Å². The van der Waals surface area contributed by atoms with Gasteiger partial charge in [-0.1, -0.05) is 6.92 Å². The van der Waals surface area contributed by atoms with Crippen molar-refractivity contribution in [1.82, 2.24) is 10.2 Å². The number of piperidine rings is 1. The van der Waals surface area contributed by atoms with Crippen molar-refractivity contribution in [3.8, 4) is 0 Å². The van der Waals surface area contributed by atoms with Crippen LogP contribution in [-0.4, -0.2) is 49.3 Å². The zero-order valence-electron chi connectivity index (χ0n) is 11.3. The summed E-state index contributed by atoms with van der Waals surface area (Å²) in [6.45, 7) is 13.1. The van der Waals surface area contributed by atoms with Crippen LogP contribution in [0.5, 0.6) is 0 Å². The summed E-state index contributed by atoms with van der Waals surface area (Å²) in [7, 11) is 0. The largest absolute Gasteiger partial charge is 0.378 e. The van der Waals surface area contributed by atoms with Crippen LogP contribution >= 0.6 is 0 Å². The van der Waals surface area contributed by atoms with Gasteiger partial charge in [-0.3, -0.25) is 4.90 Å².